The van der Waals surface area contributed by atoms with E-state index in [1.165, 1.54) is 6.07 Å². The van der Waals surface area contributed by atoms with Crippen molar-refractivity contribution >= 4 is 26.8 Å². The maximum atomic E-state index is 13.5. The summed E-state index contributed by atoms with van der Waals surface area (Å²) in [6, 6.07) is 9.56. The van der Waals surface area contributed by atoms with Gasteiger partial charge in [0.25, 0.3) is 10.0 Å². The van der Waals surface area contributed by atoms with Gasteiger partial charge in [-0.3, -0.25) is 4.79 Å². The van der Waals surface area contributed by atoms with Gasteiger partial charge in [-0.1, -0.05) is 18.2 Å². The van der Waals surface area contributed by atoms with E-state index in [9.17, 15) is 17.6 Å². The van der Waals surface area contributed by atoms with Gasteiger partial charge in [0.1, 0.15) is 0 Å². The average Bonchev–Trinajstić information content (AvgIpc) is 2.90. The van der Waals surface area contributed by atoms with Crippen molar-refractivity contribution in [3.05, 3.63) is 60.2 Å². The third kappa shape index (κ3) is 3.07. The first-order valence-electron chi connectivity index (χ1n) is 6.68. The van der Waals surface area contributed by atoms with Crippen molar-refractivity contribution in [2.24, 2.45) is 0 Å². The highest BCUT2D eigenvalue weighted by Crippen LogP contribution is 2.18. The molecule has 8 heteroatoms. The second-order valence-electron chi connectivity index (χ2n) is 4.86. The summed E-state index contributed by atoms with van der Waals surface area (Å²) in [5.41, 5.74) is 1.49. The van der Waals surface area contributed by atoms with E-state index in [-0.39, 0.29) is 6.42 Å². The molecule has 0 spiro atoms. The Bertz CT molecular complexity index is 982. The lowest BCUT2D eigenvalue weighted by Gasteiger charge is -2.06. The molecule has 118 valence electrons. The summed E-state index contributed by atoms with van der Waals surface area (Å²) in [6.07, 6.45) is 2.62. The highest BCUT2D eigenvalue weighted by atomic mass is 32.2. The summed E-state index contributed by atoms with van der Waals surface area (Å²) in [7, 11) is -4.34. The molecule has 0 aliphatic rings. The van der Waals surface area contributed by atoms with Crippen LogP contribution in [-0.4, -0.2) is 24.3 Å². The van der Waals surface area contributed by atoms with Gasteiger partial charge in [-0.15, -0.1) is 0 Å². The van der Waals surface area contributed by atoms with E-state index >= 15 is 0 Å². The molecule has 0 atom stereocenters. The number of aromatic nitrogens is 2. The van der Waals surface area contributed by atoms with Crippen LogP contribution in [-0.2, 0) is 21.2 Å². The van der Waals surface area contributed by atoms with Gasteiger partial charge in [0.15, 0.2) is 5.82 Å². The molecule has 0 aliphatic heterocycles. The Hall–Kier alpha value is -2.74. The quantitative estimate of drug-likeness (QED) is 0.761. The molecule has 0 radical (unpaired) electrons. The summed E-state index contributed by atoms with van der Waals surface area (Å²) in [4.78, 5) is 18.5. The number of carbonyl (C=O) groups is 1. The molecular weight excluding hydrogens is 321 g/mol. The van der Waals surface area contributed by atoms with Crippen LogP contribution in [0.25, 0.3) is 10.9 Å². The van der Waals surface area contributed by atoms with E-state index in [1.807, 2.05) is 29.0 Å². The predicted molar refractivity (Wildman–Crippen MR) is 81.5 cm³/mol. The fraction of sp³-hybridized carbons (Fsp3) is 0.0667. The predicted octanol–water partition coefficient (Wildman–Crippen LogP) is 1.75. The lowest BCUT2D eigenvalue weighted by molar-refractivity contribution is -0.118. The number of aromatic amines is 1. The molecule has 23 heavy (non-hydrogen) atoms. The minimum atomic E-state index is -4.34. The number of sulfonamides is 1. The van der Waals surface area contributed by atoms with Crippen LogP contribution in [0.1, 0.15) is 5.56 Å². The first kappa shape index (κ1) is 15.2. The molecule has 2 aromatic heterocycles. The zero-order chi connectivity index (χ0) is 16.4. The van der Waals surface area contributed by atoms with Gasteiger partial charge in [0.05, 0.1) is 6.42 Å². The molecule has 3 rings (SSSR count). The van der Waals surface area contributed by atoms with Crippen molar-refractivity contribution in [2.45, 2.75) is 11.4 Å². The Morgan fingerprint density at radius 3 is 2.78 bits per heavy atom. The summed E-state index contributed by atoms with van der Waals surface area (Å²) in [5, 5.41) is 0.0244. The molecule has 1 aromatic carbocycles. The van der Waals surface area contributed by atoms with Crippen LogP contribution in [0, 0.1) is 5.82 Å². The van der Waals surface area contributed by atoms with E-state index in [0.717, 1.165) is 23.2 Å². The van der Waals surface area contributed by atoms with Crippen molar-refractivity contribution in [3.8, 4) is 0 Å². The van der Waals surface area contributed by atoms with Crippen molar-refractivity contribution in [3.63, 3.8) is 0 Å². The normalized spacial score (nSPS) is 11.5. The van der Waals surface area contributed by atoms with Crippen LogP contribution in [0.2, 0.25) is 0 Å². The summed E-state index contributed by atoms with van der Waals surface area (Å²) in [6.45, 7) is 0. The van der Waals surface area contributed by atoms with E-state index in [2.05, 4.69) is 9.97 Å². The van der Waals surface area contributed by atoms with Gasteiger partial charge in [0.2, 0.25) is 10.9 Å². The van der Waals surface area contributed by atoms with Crippen molar-refractivity contribution < 1.29 is 17.6 Å². The molecular formula is C15H12FN3O3S. The minimum absolute atomic E-state index is 0.155. The number of nitrogens with zero attached hydrogens (tertiary/aromatic N) is 1. The first-order chi connectivity index (χ1) is 11.0. The number of halogens is 1. The monoisotopic (exact) mass is 333 g/mol. The maximum Gasteiger partial charge on any atom is 0.284 e. The van der Waals surface area contributed by atoms with Crippen LogP contribution in [0.4, 0.5) is 4.39 Å². The highest BCUT2D eigenvalue weighted by Gasteiger charge is 2.23. The lowest BCUT2D eigenvalue weighted by Crippen LogP contribution is -2.32. The summed E-state index contributed by atoms with van der Waals surface area (Å²) >= 11 is 0. The summed E-state index contributed by atoms with van der Waals surface area (Å²) in [5.74, 6) is -1.78. The fourth-order valence-electron chi connectivity index (χ4n) is 2.25. The molecule has 0 saturated carbocycles. The molecule has 0 bridgehead atoms. The molecule has 0 saturated heterocycles. The van der Waals surface area contributed by atoms with Crippen LogP contribution >= 0.6 is 0 Å². The van der Waals surface area contributed by atoms with Gasteiger partial charge < -0.3 is 4.98 Å². The number of H-pyrrole nitrogens is 1. The van der Waals surface area contributed by atoms with E-state index in [1.54, 1.807) is 6.20 Å². The van der Waals surface area contributed by atoms with Gasteiger partial charge in [-0.25, -0.2) is 14.1 Å². The number of pyridine rings is 1. The van der Waals surface area contributed by atoms with Crippen molar-refractivity contribution in [1.29, 1.82) is 0 Å². The first-order valence-corrected chi connectivity index (χ1v) is 8.17. The lowest BCUT2D eigenvalue weighted by atomic mass is 10.1. The van der Waals surface area contributed by atoms with Gasteiger partial charge in [-0.2, -0.15) is 8.42 Å². The number of amides is 1. The number of carbonyl (C=O) groups excluding carboxylic acids is 1. The zero-order valence-electron chi connectivity index (χ0n) is 11.8. The number of benzene rings is 1. The van der Waals surface area contributed by atoms with Crippen LogP contribution in [0.3, 0.4) is 0 Å². The average molecular weight is 333 g/mol. The largest absolute Gasteiger partial charge is 0.361 e. The third-order valence-electron chi connectivity index (χ3n) is 3.25. The van der Waals surface area contributed by atoms with Crippen LogP contribution in [0.5, 0.6) is 0 Å². The second kappa shape index (κ2) is 5.81. The summed E-state index contributed by atoms with van der Waals surface area (Å²) < 4.78 is 39.4. The molecule has 2 heterocycles. The fourth-order valence-corrected chi connectivity index (χ4v) is 3.25. The zero-order valence-corrected chi connectivity index (χ0v) is 12.6. The highest BCUT2D eigenvalue weighted by molar-refractivity contribution is 7.90. The molecule has 2 N–H and O–H groups in total. The second-order valence-corrected chi connectivity index (χ2v) is 6.45. The standard InChI is InChI=1S/C15H12FN3O3S/c16-12-5-3-7-17-15(12)23(21,22)19-14(20)8-10-9-18-13-6-2-1-4-11(10)13/h1-7,9,18H,8H2,(H,19,20). The number of hydrogen-bond acceptors (Lipinski definition) is 4. The Labute approximate surface area is 131 Å². The topological polar surface area (TPSA) is 91.9 Å². The molecule has 1 amide bonds. The van der Waals surface area contributed by atoms with Crippen LogP contribution < -0.4 is 4.72 Å². The Kier molecular flexibility index (Phi) is 3.83. The van der Waals surface area contributed by atoms with Gasteiger partial charge >= 0.3 is 0 Å². The Morgan fingerprint density at radius 1 is 1.22 bits per heavy atom. The van der Waals surface area contributed by atoms with Gasteiger partial charge in [0, 0.05) is 23.3 Å². The Balaban J connectivity index is 1.81. The number of para-hydroxylation sites is 1. The Morgan fingerprint density at radius 2 is 2.00 bits per heavy atom. The van der Waals surface area contributed by atoms with E-state index < -0.39 is 26.8 Å². The maximum absolute atomic E-state index is 13.5. The third-order valence-corrected chi connectivity index (χ3v) is 4.56. The van der Waals surface area contributed by atoms with Gasteiger partial charge in [-0.05, 0) is 23.8 Å². The molecule has 0 unspecified atom stereocenters. The van der Waals surface area contributed by atoms with Crippen molar-refractivity contribution in [2.75, 3.05) is 0 Å². The molecule has 0 fully saturated rings. The number of rotatable bonds is 4. The number of nitrogens with one attached hydrogen (secondary N) is 2. The number of fused-ring (bicyclic) bond motifs is 1. The number of hydrogen-bond donors (Lipinski definition) is 2. The van der Waals surface area contributed by atoms with Crippen molar-refractivity contribution in [1.82, 2.24) is 14.7 Å². The van der Waals surface area contributed by atoms with E-state index in [4.69, 9.17) is 0 Å². The minimum Gasteiger partial charge on any atom is -0.361 e. The smallest absolute Gasteiger partial charge is 0.284 e. The SMILES string of the molecule is O=C(Cc1c[nH]c2ccccc12)NS(=O)(=O)c1ncccc1F. The van der Waals surface area contributed by atoms with Crippen LogP contribution in [0.15, 0.2) is 53.8 Å². The van der Waals surface area contributed by atoms with E-state index in [0.29, 0.717) is 5.56 Å². The molecule has 0 aliphatic carbocycles. The molecule has 6 nitrogen and oxygen atoms in total. The molecule has 3 aromatic rings.